The monoisotopic (exact) mass is 224 g/mol. The van der Waals surface area contributed by atoms with Crippen LogP contribution < -0.4 is 5.32 Å². The molecule has 3 aliphatic rings. The highest BCUT2D eigenvalue weighted by Gasteiger charge is 2.40. The van der Waals surface area contributed by atoms with E-state index >= 15 is 0 Å². The van der Waals surface area contributed by atoms with Crippen molar-refractivity contribution in [2.24, 2.45) is 5.92 Å². The Morgan fingerprint density at radius 3 is 3.00 bits per heavy atom. The molecule has 3 rings (SSSR count). The summed E-state index contributed by atoms with van der Waals surface area (Å²) in [5.74, 6) is 0.926. The number of fused-ring (bicyclic) bond motifs is 1. The number of piperidine rings is 1. The van der Waals surface area contributed by atoms with Gasteiger partial charge in [0.1, 0.15) is 6.10 Å². The van der Waals surface area contributed by atoms with Crippen LogP contribution in [-0.4, -0.2) is 49.2 Å². The number of hydrogen-bond donors (Lipinski definition) is 1. The van der Waals surface area contributed by atoms with Crippen LogP contribution in [0.2, 0.25) is 0 Å². The van der Waals surface area contributed by atoms with Crippen LogP contribution >= 0.6 is 0 Å². The van der Waals surface area contributed by atoms with Gasteiger partial charge in [0, 0.05) is 32.3 Å². The van der Waals surface area contributed by atoms with Gasteiger partial charge in [0.2, 0.25) is 0 Å². The van der Waals surface area contributed by atoms with Crippen molar-refractivity contribution in [1.82, 2.24) is 10.2 Å². The largest absolute Gasteiger partial charge is 0.368 e. The van der Waals surface area contributed by atoms with Crippen molar-refractivity contribution in [1.29, 1.82) is 0 Å². The van der Waals surface area contributed by atoms with E-state index in [0.717, 1.165) is 45.5 Å². The maximum absolute atomic E-state index is 12.3. The SMILES string of the molecule is O=C([C@H]1CCCO1)N1CCCC2CNCC21. The van der Waals surface area contributed by atoms with E-state index in [2.05, 4.69) is 10.2 Å². The van der Waals surface area contributed by atoms with Crippen molar-refractivity contribution in [3.8, 4) is 0 Å². The highest BCUT2D eigenvalue weighted by Crippen LogP contribution is 2.28. The molecule has 1 N–H and O–H groups in total. The molecule has 0 saturated carbocycles. The van der Waals surface area contributed by atoms with Gasteiger partial charge in [-0.15, -0.1) is 0 Å². The first-order chi connectivity index (χ1) is 7.86. The summed E-state index contributed by atoms with van der Waals surface area (Å²) in [6.07, 6.45) is 4.24. The Labute approximate surface area is 96.3 Å². The topological polar surface area (TPSA) is 41.6 Å². The van der Waals surface area contributed by atoms with Gasteiger partial charge >= 0.3 is 0 Å². The molecule has 0 aromatic rings. The van der Waals surface area contributed by atoms with Crippen LogP contribution in [0.25, 0.3) is 0 Å². The lowest BCUT2D eigenvalue weighted by Gasteiger charge is -2.38. The van der Waals surface area contributed by atoms with Crippen molar-refractivity contribution in [3.63, 3.8) is 0 Å². The Morgan fingerprint density at radius 1 is 1.25 bits per heavy atom. The quantitative estimate of drug-likeness (QED) is 0.700. The lowest BCUT2D eigenvalue weighted by molar-refractivity contribution is -0.145. The van der Waals surface area contributed by atoms with E-state index in [9.17, 15) is 4.79 Å². The van der Waals surface area contributed by atoms with Crippen LogP contribution in [0.15, 0.2) is 0 Å². The maximum atomic E-state index is 12.3. The average molecular weight is 224 g/mol. The second-order valence-electron chi connectivity index (χ2n) is 5.16. The minimum Gasteiger partial charge on any atom is -0.368 e. The van der Waals surface area contributed by atoms with E-state index in [0.29, 0.717) is 12.0 Å². The third-order valence-corrected chi connectivity index (χ3v) is 4.17. The van der Waals surface area contributed by atoms with Crippen molar-refractivity contribution in [2.45, 2.75) is 37.8 Å². The number of nitrogens with one attached hydrogen (secondary N) is 1. The van der Waals surface area contributed by atoms with Gasteiger partial charge in [0.05, 0.1) is 0 Å². The Bertz CT molecular complexity index is 276. The Kier molecular flexibility index (Phi) is 2.86. The number of likely N-dealkylation sites (tertiary alicyclic amines) is 1. The lowest BCUT2D eigenvalue weighted by Crippen LogP contribution is -2.51. The van der Waals surface area contributed by atoms with Crippen LogP contribution in [0, 0.1) is 5.92 Å². The zero-order chi connectivity index (χ0) is 11.0. The molecule has 4 heteroatoms. The zero-order valence-corrected chi connectivity index (χ0v) is 9.65. The first-order valence-corrected chi connectivity index (χ1v) is 6.49. The highest BCUT2D eigenvalue weighted by molar-refractivity contribution is 5.81. The van der Waals surface area contributed by atoms with Crippen molar-refractivity contribution in [3.05, 3.63) is 0 Å². The number of ether oxygens (including phenoxy) is 1. The molecule has 3 saturated heterocycles. The summed E-state index contributed by atoms with van der Waals surface area (Å²) >= 11 is 0. The van der Waals surface area contributed by atoms with Crippen LogP contribution in [0.1, 0.15) is 25.7 Å². The van der Waals surface area contributed by atoms with Crippen LogP contribution in [0.5, 0.6) is 0 Å². The fourth-order valence-corrected chi connectivity index (χ4v) is 3.30. The summed E-state index contributed by atoms with van der Waals surface area (Å²) in [6.45, 7) is 3.75. The minimum atomic E-state index is -0.139. The Morgan fingerprint density at radius 2 is 2.19 bits per heavy atom. The van der Waals surface area contributed by atoms with Gasteiger partial charge in [-0.05, 0) is 31.6 Å². The molecule has 0 aromatic heterocycles. The molecule has 3 fully saturated rings. The summed E-state index contributed by atoms with van der Waals surface area (Å²) < 4.78 is 5.50. The van der Waals surface area contributed by atoms with E-state index < -0.39 is 0 Å². The van der Waals surface area contributed by atoms with Gasteiger partial charge in [-0.3, -0.25) is 4.79 Å². The highest BCUT2D eigenvalue weighted by atomic mass is 16.5. The summed E-state index contributed by atoms with van der Waals surface area (Å²) in [7, 11) is 0. The standard InChI is InChI=1S/C12H20N2O2/c15-12(11-4-2-6-16-11)14-5-1-3-9-7-13-8-10(9)14/h9-11,13H,1-8H2/t9?,10?,11-/m1/s1. The molecule has 0 aromatic carbocycles. The molecule has 16 heavy (non-hydrogen) atoms. The number of hydrogen-bond acceptors (Lipinski definition) is 3. The molecule has 3 aliphatic heterocycles. The van der Waals surface area contributed by atoms with E-state index in [4.69, 9.17) is 4.74 Å². The number of carbonyl (C=O) groups is 1. The third-order valence-electron chi connectivity index (χ3n) is 4.17. The number of amides is 1. The molecule has 3 heterocycles. The first kappa shape index (κ1) is 10.5. The number of nitrogens with zero attached hydrogens (tertiary/aromatic N) is 1. The normalized spacial score (nSPS) is 38.8. The Balaban J connectivity index is 1.70. The fourth-order valence-electron chi connectivity index (χ4n) is 3.30. The molecule has 0 bridgehead atoms. The second-order valence-corrected chi connectivity index (χ2v) is 5.16. The smallest absolute Gasteiger partial charge is 0.252 e. The molecular formula is C12H20N2O2. The fraction of sp³-hybridized carbons (Fsp3) is 0.917. The molecule has 90 valence electrons. The van der Waals surface area contributed by atoms with Crippen LogP contribution in [0.4, 0.5) is 0 Å². The summed E-state index contributed by atoms with van der Waals surface area (Å²) in [5.41, 5.74) is 0. The molecular weight excluding hydrogens is 204 g/mol. The summed E-state index contributed by atoms with van der Waals surface area (Å²) in [5, 5.41) is 3.40. The molecule has 0 aliphatic carbocycles. The van der Waals surface area contributed by atoms with Crippen molar-refractivity contribution < 1.29 is 9.53 Å². The molecule has 4 nitrogen and oxygen atoms in total. The van der Waals surface area contributed by atoms with Gasteiger partial charge < -0.3 is 15.0 Å². The van der Waals surface area contributed by atoms with E-state index in [1.165, 1.54) is 6.42 Å². The van der Waals surface area contributed by atoms with Gasteiger partial charge in [0.15, 0.2) is 0 Å². The summed E-state index contributed by atoms with van der Waals surface area (Å²) in [4.78, 5) is 14.4. The minimum absolute atomic E-state index is 0.139. The predicted octanol–water partition coefficient (Wildman–Crippen LogP) is 0.376. The van der Waals surface area contributed by atoms with E-state index in [-0.39, 0.29) is 12.0 Å². The van der Waals surface area contributed by atoms with E-state index in [1.54, 1.807) is 0 Å². The van der Waals surface area contributed by atoms with Gasteiger partial charge in [0.25, 0.3) is 5.91 Å². The summed E-state index contributed by atoms with van der Waals surface area (Å²) in [6, 6.07) is 0.436. The lowest BCUT2D eigenvalue weighted by atomic mass is 9.91. The van der Waals surface area contributed by atoms with E-state index in [1.807, 2.05) is 0 Å². The van der Waals surface area contributed by atoms with Crippen molar-refractivity contribution in [2.75, 3.05) is 26.2 Å². The number of carbonyl (C=O) groups excluding carboxylic acids is 1. The number of rotatable bonds is 1. The maximum Gasteiger partial charge on any atom is 0.252 e. The van der Waals surface area contributed by atoms with Crippen LogP contribution in [-0.2, 0) is 9.53 Å². The van der Waals surface area contributed by atoms with Gasteiger partial charge in [-0.1, -0.05) is 0 Å². The van der Waals surface area contributed by atoms with Gasteiger partial charge in [-0.2, -0.15) is 0 Å². The van der Waals surface area contributed by atoms with Gasteiger partial charge in [-0.25, -0.2) is 0 Å². The molecule has 0 radical (unpaired) electrons. The third kappa shape index (κ3) is 1.74. The van der Waals surface area contributed by atoms with Crippen LogP contribution in [0.3, 0.4) is 0 Å². The first-order valence-electron chi connectivity index (χ1n) is 6.49. The zero-order valence-electron chi connectivity index (χ0n) is 9.65. The molecule has 1 amide bonds. The molecule has 2 unspecified atom stereocenters. The molecule has 3 atom stereocenters. The predicted molar refractivity (Wildman–Crippen MR) is 60.1 cm³/mol. The Hall–Kier alpha value is -0.610. The average Bonchev–Trinajstić information content (AvgIpc) is 2.98. The van der Waals surface area contributed by atoms with Crippen molar-refractivity contribution >= 4 is 5.91 Å². The second kappa shape index (κ2) is 4.34. The molecule has 0 spiro atoms.